The van der Waals surface area contributed by atoms with E-state index in [0.717, 1.165) is 31.3 Å². The number of allylic oxidation sites excluding steroid dienone is 5. The van der Waals surface area contributed by atoms with Gasteiger partial charge in [-0.1, -0.05) is 146 Å². The summed E-state index contributed by atoms with van der Waals surface area (Å²) >= 11 is 0. The van der Waals surface area contributed by atoms with Crippen molar-refractivity contribution in [2.24, 2.45) is 17.8 Å². The van der Waals surface area contributed by atoms with Crippen LogP contribution in [0.15, 0.2) is 60.8 Å². The van der Waals surface area contributed by atoms with Crippen LogP contribution in [0.4, 0.5) is 0 Å². The maximum absolute atomic E-state index is 15.8. The Bertz CT molecular complexity index is 1780. The van der Waals surface area contributed by atoms with Crippen molar-refractivity contribution in [3.8, 4) is 0 Å². The van der Waals surface area contributed by atoms with Crippen LogP contribution in [0.5, 0.6) is 0 Å². The van der Waals surface area contributed by atoms with Gasteiger partial charge in [0.1, 0.15) is 18.8 Å². The van der Waals surface area contributed by atoms with Gasteiger partial charge in [0.25, 0.3) is 0 Å². The summed E-state index contributed by atoms with van der Waals surface area (Å²) in [5.41, 5.74) is 2.91. The first-order valence-electron chi connectivity index (χ1n) is 26.8. The summed E-state index contributed by atoms with van der Waals surface area (Å²) in [6, 6.07) is 0. The Morgan fingerprint density at radius 2 is 1.13 bits per heavy atom. The lowest BCUT2D eigenvalue weighted by atomic mass is 9.88. The number of carbonyl (C=O) groups excluding carboxylic acids is 2. The number of ketones is 1. The van der Waals surface area contributed by atoms with E-state index in [0.29, 0.717) is 24.3 Å². The molecule has 1 rings (SSSR count). The van der Waals surface area contributed by atoms with E-state index in [-0.39, 0.29) is 75.1 Å². The first-order chi connectivity index (χ1) is 31.4. The van der Waals surface area contributed by atoms with Gasteiger partial charge in [0.15, 0.2) is 39.1 Å². The Hall–Kier alpha value is -1.49. The SMILES string of the molecule is C=CCC/C=C(\C)C(=O)OC[C@@H](C[C@@H](C)[C@H](O[Si](C)(C)C(C)(C)C)[C@@H](O[Si](C)(C)C(C)(C)C)C(=O)C[C@H](C[C@H](C)/C(C)=C/C(=C)C[C@@H](C)C[C@@H]1O[C@H]1C=C)O[Si](C)(C)C(C)(C)C)O[Si](C)(C)C(C)(C)C. The molecule has 0 bridgehead atoms. The minimum atomic E-state index is -2.60. The smallest absolute Gasteiger partial charge is 0.333 e. The molecule has 1 heterocycles. The third-order valence-corrected chi connectivity index (χ3v) is 34.7. The standard InChI is InChI=1S/C58H110O8Si4/c1-29-31-32-33-43(5)54(60)61-40-48(64-68(23,24)56(12,13)14)38-46(8)52(65-69(25,26)57(15,16)17)53(66-70(27,28)58(18,19)20)49(59)39-47(63-67(21,22)55(9,10)11)37-45(7)44(6)35-41(3)34-42(4)36-51-50(30-2)62-51/h29-30,33,35,42,45-48,50-53H,1-3,31-32,34,36-40H2,4-28H3/b43-33+,44-35+/t42-,45+,46-,47+,48-,50+,51+,52+,53+/m1/s1. The highest BCUT2D eigenvalue weighted by Gasteiger charge is 2.50. The zero-order valence-electron chi connectivity index (χ0n) is 50.0. The fourth-order valence-electron chi connectivity index (χ4n) is 7.57. The largest absolute Gasteiger partial charge is 0.460 e. The van der Waals surface area contributed by atoms with Gasteiger partial charge in [-0.2, -0.15) is 0 Å². The molecule has 0 radical (unpaired) electrons. The molecule has 0 spiro atoms. The molecular formula is C58H110O8Si4. The normalized spacial score (nSPS) is 20.2. The second kappa shape index (κ2) is 26.3. The van der Waals surface area contributed by atoms with Crippen molar-refractivity contribution in [2.45, 2.75) is 272 Å². The zero-order chi connectivity index (χ0) is 54.8. The number of Topliss-reactive ketones (excluding diaryl/α,β-unsaturated/α-hetero) is 1. The number of hydrogen-bond acceptors (Lipinski definition) is 8. The molecule has 0 aromatic heterocycles. The second-order valence-electron chi connectivity index (χ2n) is 27.5. The van der Waals surface area contributed by atoms with Crippen molar-refractivity contribution in [1.29, 1.82) is 0 Å². The monoisotopic (exact) mass is 1050 g/mol. The van der Waals surface area contributed by atoms with E-state index in [1.807, 2.05) is 18.2 Å². The van der Waals surface area contributed by atoms with Crippen molar-refractivity contribution < 1.29 is 36.8 Å². The molecule has 0 aromatic rings. The molecule has 1 fully saturated rings. The average Bonchev–Trinajstić information content (AvgIpc) is 3.93. The van der Waals surface area contributed by atoms with Gasteiger partial charge in [-0.15, -0.1) is 13.2 Å². The van der Waals surface area contributed by atoms with E-state index < -0.39 is 51.6 Å². The van der Waals surface area contributed by atoms with E-state index in [1.54, 1.807) is 6.92 Å². The quantitative estimate of drug-likeness (QED) is 0.0134. The minimum Gasteiger partial charge on any atom is -0.460 e. The number of ether oxygens (including phenoxy) is 2. The Kier molecular flexibility index (Phi) is 25.0. The van der Waals surface area contributed by atoms with Crippen LogP contribution in [-0.2, 0) is 36.8 Å². The Labute approximate surface area is 436 Å². The number of unbranched alkanes of at least 4 members (excludes halogenated alkanes) is 1. The topological polar surface area (TPSA) is 92.8 Å². The molecule has 0 aliphatic carbocycles. The van der Waals surface area contributed by atoms with E-state index in [9.17, 15) is 4.79 Å². The highest BCUT2D eigenvalue weighted by molar-refractivity contribution is 6.75. The lowest BCUT2D eigenvalue weighted by Crippen LogP contribution is -2.57. The Morgan fingerprint density at radius 3 is 1.59 bits per heavy atom. The van der Waals surface area contributed by atoms with Gasteiger partial charge in [0.05, 0.1) is 24.4 Å². The highest BCUT2D eigenvalue weighted by Crippen LogP contribution is 2.45. The molecule has 1 aliphatic heterocycles. The molecule has 0 saturated carbocycles. The molecule has 1 aliphatic rings. The average molecular weight is 1050 g/mol. The summed E-state index contributed by atoms with van der Waals surface area (Å²) in [4.78, 5) is 29.3. The van der Waals surface area contributed by atoms with Gasteiger partial charge in [-0.25, -0.2) is 4.79 Å². The van der Waals surface area contributed by atoms with E-state index in [4.69, 9.17) is 27.2 Å². The minimum absolute atomic E-state index is 0.0184. The first kappa shape index (κ1) is 66.5. The van der Waals surface area contributed by atoms with E-state index in [2.05, 4.69) is 189 Å². The molecular weight excluding hydrogens is 937 g/mol. The molecule has 406 valence electrons. The zero-order valence-corrected chi connectivity index (χ0v) is 54.0. The van der Waals surface area contributed by atoms with Crippen LogP contribution in [-0.4, -0.2) is 88.3 Å². The molecule has 0 unspecified atom stereocenters. The highest BCUT2D eigenvalue weighted by atomic mass is 28.4. The Balaban J connectivity index is 3.98. The van der Waals surface area contributed by atoms with Crippen LogP contribution in [0, 0.1) is 17.8 Å². The molecule has 70 heavy (non-hydrogen) atoms. The van der Waals surface area contributed by atoms with Crippen molar-refractivity contribution in [3.63, 3.8) is 0 Å². The van der Waals surface area contributed by atoms with Gasteiger partial charge in [0, 0.05) is 12.0 Å². The number of rotatable bonds is 30. The summed E-state index contributed by atoms with van der Waals surface area (Å²) in [5, 5.41) is -0.477. The molecule has 1 saturated heterocycles. The van der Waals surface area contributed by atoms with Gasteiger partial charge < -0.3 is 27.2 Å². The summed E-state index contributed by atoms with van der Waals surface area (Å²) < 4.78 is 41.4. The van der Waals surface area contributed by atoms with Crippen molar-refractivity contribution in [2.75, 3.05) is 6.61 Å². The molecule has 0 N–H and O–H groups in total. The molecule has 9 atom stereocenters. The first-order valence-corrected chi connectivity index (χ1v) is 38.4. The van der Waals surface area contributed by atoms with Crippen LogP contribution in [0.2, 0.25) is 72.5 Å². The second-order valence-corrected chi connectivity index (χ2v) is 46.5. The third kappa shape index (κ3) is 21.0. The van der Waals surface area contributed by atoms with Crippen molar-refractivity contribution in [1.82, 2.24) is 0 Å². The van der Waals surface area contributed by atoms with E-state index >= 15 is 4.79 Å². The molecule has 12 heteroatoms. The van der Waals surface area contributed by atoms with Crippen LogP contribution < -0.4 is 0 Å². The lowest BCUT2D eigenvalue weighted by molar-refractivity contribution is -0.142. The molecule has 0 aromatic carbocycles. The van der Waals surface area contributed by atoms with Crippen LogP contribution >= 0.6 is 0 Å². The van der Waals surface area contributed by atoms with Crippen LogP contribution in [0.3, 0.4) is 0 Å². The predicted octanol–water partition coefficient (Wildman–Crippen LogP) is 16.9. The van der Waals surface area contributed by atoms with Crippen molar-refractivity contribution >= 4 is 45.0 Å². The van der Waals surface area contributed by atoms with Gasteiger partial charge in [0.2, 0.25) is 0 Å². The van der Waals surface area contributed by atoms with Crippen LogP contribution in [0.1, 0.15) is 163 Å². The maximum atomic E-state index is 15.8. The third-order valence-electron chi connectivity index (χ3n) is 16.7. The predicted molar refractivity (Wildman–Crippen MR) is 310 cm³/mol. The lowest BCUT2D eigenvalue weighted by Gasteiger charge is -2.47. The summed E-state index contributed by atoms with van der Waals surface area (Å²) in [7, 11) is -9.86. The van der Waals surface area contributed by atoms with Gasteiger partial charge >= 0.3 is 5.97 Å². The summed E-state index contributed by atoms with van der Waals surface area (Å²) in [6.45, 7) is 67.9. The Morgan fingerprint density at radius 1 is 0.657 bits per heavy atom. The number of epoxide rings is 1. The van der Waals surface area contributed by atoms with E-state index in [1.165, 1.54) is 5.57 Å². The fraction of sp³-hybridized carbons (Fsp3) is 0.793. The fourth-order valence-corrected chi connectivity index (χ4v) is 12.9. The van der Waals surface area contributed by atoms with Gasteiger partial charge in [-0.3, -0.25) is 4.79 Å². The maximum Gasteiger partial charge on any atom is 0.333 e. The van der Waals surface area contributed by atoms with Crippen LogP contribution in [0.25, 0.3) is 0 Å². The summed E-state index contributed by atoms with van der Waals surface area (Å²) in [6.07, 6.45) is 10.9. The van der Waals surface area contributed by atoms with Crippen molar-refractivity contribution in [3.05, 3.63) is 60.8 Å². The molecule has 8 nitrogen and oxygen atoms in total. The van der Waals surface area contributed by atoms with Gasteiger partial charge in [-0.05, 0) is 143 Å². The number of carbonyl (C=O) groups is 2. The summed E-state index contributed by atoms with van der Waals surface area (Å²) in [5.74, 6) is 0.0433. The number of hydrogen-bond donors (Lipinski definition) is 0. The molecule has 0 amide bonds. The number of esters is 1.